The van der Waals surface area contributed by atoms with Crippen LogP contribution >= 0.6 is 0 Å². The van der Waals surface area contributed by atoms with E-state index in [2.05, 4.69) is 10.6 Å². The first kappa shape index (κ1) is 18.5. The van der Waals surface area contributed by atoms with Gasteiger partial charge in [0.1, 0.15) is 17.6 Å². The van der Waals surface area contributed by atoms with E-state index in [0.29, 0.717) is 23.7 Å². The van der Waals surface area contributed by atoms with E-state index in [1.807, 2.05) is 49.4 Å². The quantitative estimate of drug-likeness (QED) is 0.619. The Bertz CT molecular complexity index is 900. The van der Waals surface area contributed by atoms with Gasteiger partial charge in [0.15, 0.2) is 0 Å². The summed E-state index contributed by atoms with van der Waals surface area (Å²) in [4.78, 5) is 13.0. The standard InChI is InChI=1S/C22H21FN2O2/c1-2-27-20-14-7-6-13-19(20)25-22(26)21(16-9-4-3-5-10-16)24-18-12-8-11-17(23)15-18/h3-15,21,24H,2H2,1H3,(H,25,26)/t21-/m1/s1. The number of halogens is 1. The molecule has 0 saturated heterocycles. The molecular formula is C22H21FN2O2. The van der Waals surface area contributed by atoms with Crippen molar-refractivity contribution in [1.82, 2.24) is 0 Å². The second kappa shape index (κ2) is 8.85. The van der Waals surface area contributed by atoms with Gasteiger partial charge in [-0.25, -0.2) is 4.39 Å². The number of nitrogens with one attached hydrogen (secondary N) is 2. The van der Waals surface area contributed by atoms with E-state index in [0.717, 1.165) is 5.56 Å². The molecule has 0 saturated carbocycles. The minimum Gasteiger partial charge on any atom is -0.492 e. The zero-order valence-electron chi connectivity index (χ0n) is 15.0. The molecule has 1 amide bonds. The van der Waals surface area contributed by atoms with Crippen molar-refractivity contribution in [1.29, 1.82) is 0 Å². The highest BCUT2D eigenvalue weighted by atomic mass is 19.1. The molecule has 0 aliphatic carbocycles. The Morgan fingerprint density at radius 3 is 2.48 bits per heavy atom. The number of rotatable bonds is 7. The average Bonchev–Trinajstić information content (AvgIpc) is 2.68. The fraction of sp³-hybridized carbons (Fsp3) is 0.136. The Morgan fingerprint density at radius 2 is 1.74 bits per heavy atom. The number of benzene rings is 3. The smallest absolute Gasteiger partial charge is 0.251 e. The summed E-state index contributed by atoms with van der Waals surface area (Å²) >= 11 is 0. The predicted molar refractivity (Wildman–Crippen MR) is 105 cm³/mol. The fourth-order valence-electron chi connectivity index (χ4n) is 2.75. The van der Waals surface area contributed by atoms with Crippen LogP contribution in [-0.2, 0) is 4.79 Å². The second-order valence-corrected chi connectivity index (χ2v) is 5.92. The second-order valence-electron chi connectivity index (χ2n) is 5.92. The van der Waals surface area contributed by atoms with Gasteiger partial charge in [0.2, 0.25) is 0 Å². The molecule has 3 rings (SSSR count). The van der Waals surface area contributed by atoms with Crippen LogP contribution in [0.2, 0.25) is 0 Å². The van der Waals surface area contributed by atoms with Crippen LogP contribution in [0.1, 0.15) is 18.5 Å². The number of ether oxygens (including phenoxy) is 1. The van der Waals surface area contributed by atoms with Crippen LogP contribution in [0.15, 0.2) is 78.9 Å². The van der Waals surface area contributed by atoms with E-state index in [4.69, 9.17) is 4.74 Å². The maximum Gasteiger partial charge on any atom is 0.251 e. The van der Waals surface area contributed by atoms with Crippen molar-refractivity contribution in [2.75, 3.05) is 17.2 Å². The average molecular weight is 364 g/mol. The first-order valence-electron chi connectivity index (χ1n) is 8.77. The SMILES string of the molecule is CCOc1ccccc1NC(=O)[C@H](Nc1cccc(F)c1)c1ccccc1. The summed E-state index contributed by atoms with van der Waals surface area (Å²) in [5.74, 6) is -0.0301. The van der Waals surface area contributed by atoms with Gasteiger partial charge in [-0.3, -0.25) is 4.79 Å². The lowest BCUT2D eigenvalue weighted by atomic mass is 10.1. The molecule has 27 heavy (non-hydrogen) atoms. The molecule has 0 fully saturated rings. The highest BCUT2D eigenvalue weighted by Gasteiger charge is 2.21. The Hall–Kier alpha value is -3.34. The van der Waals surface area contributed by atoms with Gasteiger partial charge < -0.3 is 15.4 Å². The molecule has 3 aromatic carbocycles. The van der Waals surface area contributed by atoms with Crippen molar-refractivity contribution in [3.63, 3.8) is 0 Å². The number of carbonyl (C=O) groups is 1. The van der Waals surface area contributed by atoms with E-state index in [1.54, 1.807) is 24.3 Å². The molecule has 0 aliphatic rings. The highest BCUT2D eigenvalue weighted by molar-refractivity contribution is 5.98. The molecule has 0 spiro atoms. The molecule has 0 radical (unpaired) electrons. The van der Waals surface area contributed by atoms with Crippen LogP contribution in [0.3, 0.4) is 0 Å². The minimum absolute atomic E-state index is 0.266. The van der Waals surface area contributed by atoms with Crippen molar-refractivity contribution >= 4 is 17.3 Å². The molecule has 2 N–H and O–H groups in total. The summed E-state index contributed by atoms with van der Waals surface area (Å²) in [7, 11) is 0. The summed E-state index contributed by atoms with van der Waals surface area (Å²) in [6.45, 7) is 2.38. The first-order valence-corrected chi connectivity index (χ1v) is 8.77. The summed E-state index contributed by atoms with van der Waals surface area (Å²) in [5.41, 5.74) is 1.89. The van der Waals surface area contributed by atoms with Crippen LogP contribution in [-0.4, -0.2) is 12.5 Å². The van der Waals surface area contributed by atoms with Crippen molar-refractivity contribution in [2.45, 2.75) is 13.0 Å². The predicted octanol–water partition coefficient (Wildman–Crippen LogP) is 5.02. The van der Waals surface area contributed by atoms with Crippen LogP contribution in [0.4, 0.5) is 15.8 Å². The normalized spacial score (nSPS) is 11.5. The van der Waals surface area contributed by atoms with Crippen LogP contribution in [0.25, 0.3) is 0 Å². The third-order valence-corrected chi connectivity index (χ3v) is 3.98. The molecule has 1 atom stereocenters. The van der Waals surface area contributed by atoms with Crippen LogP contribution in [0.5, 0.6) is 5.75 Å². The molecule has 4 nitrogen and oxygen atoms in total. The summed E-state index contributed by atoms with van der Waals surface area (Å²) in [6.07, 6.45) is 0. The van der Waals surface area contributed by atoms with Crippen molar-refractivity contribution in [2.24, 2.45) is 0 Å². The lowest BCUT2D eigenvalue weighted by Crippen LogP contribution is -2.27. The molecule has 0 unspecified atom stereocenters. The number of hydrogen-bond acceptors (Lipinski definition) is 3. The summed E-state index contributed by atoms with van der Waals surface area (Å²) < 4.78 is 19.1. The van der Waals surface area contributed by atoms with E-state index < -0.39 is 6.04 Å². The van der Waals surface area contributed by atoms with Gasteiger partial charge in [-0.2, -0.15) is 0 Å². The molecule has 138 valence electrons. The van der Waals surface area contributed by atoms with Gasteiger partial charge in [-0.1, -0.05) is 48.5 Å². The summed E-state index contributed by atoms with van der Waals surface area (Å²) in [6, 6.07) is 21.9. The largest absolute Gasteiger partial charge is 0.492 e. The molecule has 0 aromatic heterocycles. The van der Waals surface area contributed by atoms with Gasteiger partial charge in [0, 0.05) is 5.69 Å². The van der Waals surface area contributed by atoms with Gasteiger partial charge >= 0.3 is 0 Å². The van der Waals surface area contributed by atoms with Gasteiger partial charge in [0.05, 0.1) is 12.3 Å². The number of para-hydroxylation sites is 2. The van der Waals surface area contributed by atoms with Gasteiger partial charge in [-0.05, 0) is 42.8 Å². The topological polar surface area (TPSA) is 50.4 Å². The molecular weight excluding hydrogens is 343 g/mol. The van der Waals surface area contributed by atoms with Gasteiger partial charge in [0.25, 0.3) is 5.91 Å². The Morgan fingerprint density at radius 1 is 1.00 bits per heavy atom. The lowest BCUT2D eigenvalue weighted by molar-refractivity contribution is -0.117. The van der Waals surface area contributed by atoms with Crippen molar-refractivity contribution in [3.8, 4) is 5.75 Å². The minimum atomic E-state index is -0.692. The maximum absolute atomic E-state index is 13.5. The summed E-state index contributed by atoms with van der Waals surface area (Å²) in [5, 5.41) is 6.02. The van der Waals surface area contributed by atoms with E-state index >= 15 is 0 Å². The Kier molecular flexibility index (Phi) is 6.05. The zero-order valence-corrected chi connectivity index (χ0v) is 15.0. The Balaban J connectivity index is 1.87. The van der Waals surface area contributed by atoms with Gasteiger partial charge in [-0.15, -0.1) is 0 Å². The fourth-order valence-corrected chi connectivity index (χ4v) is 2.75. The molecule has 3 aromatic rings. The third-order valence-electron chi connectivity index (χ3n) is 3.98. The van der Waals surface area contributed by atoms with E-state index in [-0.39, 0.29) is 11.7 Å². The van der Waals surface area contributed by atoms with Crippen molar-refractivity contribution < 1.29 is 13.9 Å². The number of amides is 1. The molecule has 0 heterocycles. The zero-order chi connectivity index (χ0) is 19.1. The number of carbonyl (C=O) groups excluding carboxylic acids is 1. The van der Waals surface area contributed by atoms with Crippen molar-refractivity contribution in [3.05, 3.63) is 90.2 Å². The highest BCUT2D eigenvalue weighted by Crippen LogP contribution is 2.27. The number of hydrogen-bond donors (Lipinski definition) is 2. The van der Waals surface area contributed by atoms with E-state index in [9.17, 15) is 9.18 Å². The van der Waals surface area contributed by atoms with Crippen LogP contribution < -0.4 is 15.4 Å². The monoisotopic (exact) mass is 364 g/mol. The lowest BCUT2D eigenvalue weighted by Gasteiger charge is -2.21. The molecule has 5 heteroatoms. The molecule has 0 aliphatic heterocycles. The van der Waals surface area contributed by atoms with Crippen LogP contribution in [0, 0.1) is 5.82 Å². The van der Waals surface area contributed by atoms with E-state index in [1.165, 1.54) is 12.1 Å². The third kappa shape index (κ3) is 4.85. The number of anilines is 2. The molecule has 0 bridgehead atoms. The maximum atomic E-state index is 13.5. The Labute approximate surface area is 158 Å². The first-order chi connectivity index (χ1) is 13.2.